The lowest BCUT2D eigenvalue weighted by atomic mass is 9.98. The van der Waals surface area contributed by atoms with Crippen LogP contribution >= 0.6 is 0 Å². The summed E-state index contributed by atoms with van der Waals surface area (Å²) in [7, 11) is 0. The summed E-state index contributed by atoms with van der Waals surface area (Å²) in [6.45, 7) is 5.03. The van der Waals surface area contributed by atoms with Crippen LogP contribution in [0.4, 0.5) is 0 Å². The van der Waals surface area contributed by atoms with Gasteiger partial charge in [-0.1, -0.05) is 42.5 Å². The Balaban J connectivity index is 1.67. The van der Waals surface area contributed by atoms with Crippen molar-refractivity contribution >= 4 is 0 Å². The maximum absolute atomic E-state index is 9.32. The monoisotopic (exact) mass is 298 g/mol. The fourth-order valence-electron chi connectivity index (χ4n) is 2.58. The molecule has 0 unspecified atom stereocenters. The first kappa shape index (κ1) is 16.6. The minimum absolute atomic E-state index is 0.177. The van der Waals surface area contributed by atoms with E-state index in [1.165, 1.54) is 11.1 Å². The average Bonchev–Trinajstić information content (AvgIpc) is 2.50. The van der Waals surface area contributed by atoms with Crippen molar-refractivity contribution in [3.05, 3.63) is 65.7 Å². The van der Waals surface area contributed by atoms with Gasteiger partial charge in [-0.3, -0.25) is 0 Å². The first-order valence-electron chi connectivity index (χ1n) is 8.01. The molecule has 0 amide bonds. The molecule has 0 radical (unpaired) electrons. The molecule has 2 aromatic rings. The van der Waals surface area contributed by atoms with Gasteiger partial charge in [-0.05, 0) is 56.4 Å². The molecule has 2 heteroatoms. The Hall–Kier alpha value is -1.80. The van der Waals surface area contributed by atoms with Crippen LogP contribution in [0, 0.1) is 0 Å². The third-order valence-corrected chi connectivity index (χ3v) is 3.76. The highest BCUT2D eigenvalue weighted by Crippen LogP contribution is 2.19. The SMILES string of the molecule is CC(C)(Cc1ccc(O)cc1)OCCCCc1ccccc1. The van der Waals surface area contributed by atoms with E-state index in [9.17, 15) is 5.11 Å². The molecule has 0 aliphatic heterocycles. The quantitative estimate of drug-likeness (QED) is 0.712. The topological polar surface area (TPSA) is 29.5 Å². The summed E-state index contributed by atoms with van der Waals surface area (Å²) in [5, 5.41) is 9.32. The minimum atomic E-state index is -0.177. The number of aromatic hydroxyl groups is 1. The van der Waals surface area contributed by atoms with Crippen molar-refractivity contribution in [1.82, 2.24) is 0 Å². The first-order chi connectivity index (χ1) is 10.6. The van der Waals surface area contributed by atoms with Gasteiger partial charge in [0.2, 0.25) is 0 Å². The van der Waals surface area contributed by atoms with Gasteiger partial charge >= 0.3 is 0 Å². The van der Waals surface area contributed by atoms with E-state index >= 15 is 0 Å². The molecular weight excluding hydrogens is 272 g/mol. The zero-order valence-electron chi connectivity index (χ0n) is 13.6. The summed E-state index contributed by atoms with van der Waals surface area (Å²) in [5.41, 5.74) is 2.40. The average molecular weight is 298 g/mol. The van der Waals surface area contributed by atoms with Crippen molar-refractivity contribution in [2.75, 3.05) is 6.61 Å². The number of unbranched alkanes of at least 4 members (excludes halogenated alkanes) is 1. The van der Waals surface area contributed by atoms with E-state index in [-0.39, 0.29) is 5.60 Å². The minimum Gasteiger partial charge on any atom is -0.508 e. The Labute approximate surface area is 133 Å². The van der Waals surface area contributed by atoms with Crippen LogP contribution in [0.25, 0.3) is 0 Å². The number of phenols is 1. The van der Waals surface area contributed by atoms with Crippen molar-refractivity contribution < 1.29 is 9.84 Å². The van der Waals surface area contributed by atoms with Crippen molar-refractivity contribution in [3.8, 4) is 5.75 Å². The summed E-state index contributed by atoms with van der Waals surface area (Å²) in [6.07, 6.45) is 4.20. The van der Waals surface area contributed by atoms with Crippen LogP contribution in [0.1, 0.15) is 37.8 Å². The van der Waals surface area contributed by atoms with Crippen molar-refractivity contribution in [1.29, 1.82) is 0 Å². The molecule has 22 heavy (non-hydrogen) atoms. The molecule has 0 heterocycles. The number of phenolic OH excluding ortho intramolecular Hbond substituents is 1. The third kappa shape index (κ3) is 5.90. The Morgan fingerprint density at radius 3 is 2.23 bits per heavy atom. The molecule has 0 bridgehead atoms. The van der Waals surface area contributed by atoms with Crippen LogP contribution < -0.4 is 0 Å². The van der Waals surface area contributed by atoms with E-state index in [0.29, 0.717) is 5.75 Å². The lowest BCUT2D eigenvalue weighted by Gasteiger charge is -2.25. The van der Waals surface area contributed by atoms with E-state index < -0.39 is 0 Å². The second-order valence-corrected chi connectivity index (χ2v) is 6.39. The molecule has 2 aromatic carbocycles. The standard InChI is InChI=1S/C20H26O2/c1-20(2,16-18-11-13-19(21)14-12-18)22-15-7-6-10-17-8-4-3-5-9-17/h3-5,8-9,11-14,21H,6-7,10,15-16H2,1-2H3. The van der Waals surface area contributed by atoms with E-state index in [1.54, 1.807) is 12.1 Å². The molecule has 0 atom stereocenters. The molecule has 1 N–H and O–H groups in total. The number of aryl methyl sites for hydroxylation is 1. The van der Waals surface area contributed by atoms with Gasteiger partial charge in [0, 0.05) is 13.0 Å². The van der Waals surface area contributed by atoms with E-state index in [2.05, 4.69) is 44.2 Å². The van der Waals surface area contributed by atoms with Crippen LogP contribution in [0.15, 0.2) is 54.6 Å². The summed E-state index contributed by atoms with van der Waals surface area (Å²) < 4.78 is 6.04. The molecule has 2 nitrogen and oxygen atoms in total. The molecule has 0 spiro atoms. The fraction of sp³-hybridized carbons (Fsp3) is 0.400. The molecule has 0 saturated heterocycles. The highest BCUT2D eigenvalue weighted by atomic mass is 16.5. The molecule has 0 aliphatic rings. The van der Waals surface area contributed by atoms with Crippen LogP contribution in [-0.2, 0) is 17.6 Å². The molecule has 0 aromatic heterocycles. The van der Waals surface area contributed by atoms with Crippen molar-refractivity contribution in [2.24, 2.45) is 0 Å². The lowest BCUT2D eigenvalue weighted by Crippen LogP contribution is -2.27. The van der Waals surface area contributed by atoms with Crippen molar-refractivity contribution in [2.45, 2.75) is 45.1 Å². The summed E-state index contributed by atoms with van der Waals surface area (Å²) in [5.74, 6) is 0.309. The molecule has 2 rings (SSSR count). The maximum Gasteiger partial charge on any atom is 0.115 e. The van der Waals surface area contributed by atoms with Crippen molar-refractivity contribution in [3.63, 3.8) is 0 Å². The number of rotatable bonds is 8. The van der Waals surface area contributed by atoms with Crippen LogP contribution in [0.3, 0.4) is 0 Å². The van der Waals surface area contributed by atoms with Gasteiger partial charge in [-0.2, -0.15) is 0 Å². The van der Waals surface area contributed by atoms with Gasteiger partial charge < -0.3 is 9.84 Å². The molecule has 118 valence electrons. The highest BCUT2D eigenvalue weighted by molar-refractivity contribution is 5.26. The second-order valence-electron chi connectivity index (χ2n) is 6.39. The van der Waals surface area contributed by atoms with Gasteiger partial charge in [0.05, 0.1) is 5.60 Å². The normalized spacial score (nSPS) is 11.5. The summed E-state index contributed by atoms with van der Waals surface area (Å²) in [4.78, 5) is 0. The Kier molecular flexibility index (Phi) is 6.02. The summed E-state index contributed by atoms with van der Waals surface area (Å²) in [6, 6.07) is 17.9. The van der Waals surface area contributed by atoms with Gasteiger partial charge in [0.25, 0.3) is 0 Å². The predicted octanol–water partition coefficient (Wildman–Crippen LogP) is 4.75. The first-order valence-corrected chi connectivity index (χ1v) is 8.01. The Bertz CT molecular complexity index is 544. The number of hydrogen-bond acceptors (Lipinski definition) is 2. The zero-order chi connectivity index (χ0) is 15.8. The van der Waals surface area contributed by atoms with E-state index in [1.807, 2.05) is 12.1 Å². The fourth-order valence-corrected chi connectivity index (χ4v) is 2.58. The van der Waals surface area contributed by atoms with Gasteiger partial charge in [0.1, 0.15) is 5.75 Å². The Morgan fingerprint density at radius 2 is 1.55 bits per heavy atom. The number of benzene rings is 2. The third-order valence-electron chi connectivity index (χ3n) is 3.76. The molecule has 0 aliphatic carbocycles. The molecule has 0 saturated carbocycles. The van der Waals surface area contributed by atoms with E-state index in [4.69, 9.17) is 4.74 Å². The number of ether oxygens (including phenoxy) is 1. The largest absolute Gasteiger partial charge is 0.508 e. The van der Waals surface area contributed by atoms with E-state index in [0.717, 1.165) is 32.3 Å². The Morgan fingerprint density at radius 1 is 0.864 bits per heavy atom. The lowest BCUT2D eigenvalue weighted by molar-refractivity contribution is -0.0185. The van der Waals surface area contributed by atoms with Crippen LogP contribution in [0.2, 0.25) is 0 Å². The van der Waals surface area contributed by atoms with Gasteiger partial charge in [0.15, 0.2) is 0 Å². The summed E-state index contributed by atoms with van der Waals surface area (Å²) >= 11 is 0. The zero-order valence-corrected chi connectivity index (χ0v) is 13.6. The second kappa shape index (κ2) is 8.00. The van der Waals surface area contributed by atoms with Crippen LogP contribution in [-0.4, -0.2) is 17.3 Å². The number of hydrogen-bond donors (Lipinski definition) is 1. The molecule has 0 fully saturated rings. The van der Waals surface area contributed by atoms with Crippen LogP contribution in [0.5, 0.6) is 5.75 Å². The molecular formula is C20H26O2. The predicted molar refractivity (Wildman–Crippen MR) is 91.2 cm³/mol. The highest BCUT2D eigenvalue weighted by Gasteiger charge is 2.18. The smallest absolute Gasteiger partial charge is 0.115 e. The van der Waals surface area contributed by atoms with Gasteiger partial charge in [-0.25, -0.2) is 0 Å². The van der Waals surface area contributed by atoms with Gasteiger partial charge in [-0.15, -0.1) is 0 Å². The maximum atomic E-state index is 9.32.